The number of nitrogens with zero attached hydrogens (tertiary/aromatic N) is 1. The Morgan fingerprint density at radius 2 is 2.06 bits per heavy atom. The monoisotopic (exact) mass is 215 g/mol. The van der Waals surface area contributed by atoms with Crippen LogP contribution in [0.4, 0.5) is 0 Å². The molecule has 0 saturated carbocycles. The topological polar surface area (TPSA) is 42.4 Å². The summed E-state index contributed by atoms with van der Waals surface area (Å²) in [5.74, 6) is 0.867. The fourth-order valence-corrected chi connectivity index (χ4v) is 1.60. The molecule has 0 fully saturated rings. The van der Waals surface area contributed by atoms with E-state index in [2.05, 4.69) is 4.98 Å². The summed E-state index contributed by atoms with van der Waals surface area (Å²) in [6, 6.07) is 9.03. The quantitative estimate of drug-likeness (QED) is 0.837. The molecule has 3 heteroatoms. The van der Waals surface area contributed by atoms with Gasteiger partial charge in [0, 0.05) is 11.8 Å². The second-order valence-electron chi connectivity index (χ2n) is 3.57. The van der Waals surface area contributed by atoms with Gasteiger partial charge >= 0.3 is 0 Å². The molecule has 1 aromatic carbocycles. The van der Waals surface area contributed by atoms with Gasteiger partial charge in [0.05, 0.1) is 7.11 Å². The maximum atomic E-state index is 9.81. The molecule has 0 unspecified atom stereocenters. The molecule has 82 valence electrons. The van der Waals surface area contributed by atoms with Crippen molar-refractivity contribution in [1.29, 1.82) is 0 Å². The highest BCUT2D eigenvalue weighted by Gasteiger charge is 2.10. The average molecular weight is 215 g/mol. The van der Waals surface area contributed by atoms with Gasteiger partial charge in [-0.15, -0.1) is 0 Å². The van der Waals surface area contributed by atoms with Crippen LogP contribution in [-0.4, -0.2) is 17.2 Å². The first-order valence-corrected chi connectivity index (χ1v) is 5.01. The first-order chi connectivity index (χ1) is 7.72. The maximum Gasteiger partial charge on any atom is 0.145 e. The lowest BCUT2D eigenvalue weighted by atomic mass is 10.1. The predicted molar refractivity (Wildman–Crippen MR) is 62.6 cm³/mol. The molecule has 0 saturated heterocycles. The number of methoxy groups -OCH3 is 1. The van der Waals surface area contributed by atoms with Crippen molar-refractivity contribution in [2.75, 3.05) is 7.11 Å². The van der Waals surface area contributed by atoms with Crippen molar-refractivity contribution in [3.8, 4) is 22.8 Å². The number of phenols is 1. The Kier molecular flexibility index (Phi) is 2.77. The lowest BCUT2D eigenvalue weighted by molar-refractivity contribution is 0.414. The van der Waals surface area contributed by atoms with E-state index in [1.54, 1.807) is 25.4 Å². The summed E-state index contributed by atoms with van der Waals surface area (Å²) in [5.41, 5.74) is 2.42. The van der Waals surface area contributed by atoms with Gasteiger partial charge in [0.1, 0.15) is 17.2 Å². The van der Waals surface area contributed by atoms with Gasteiger partial charge in [-0.3, -0.25) is 4.98 Å². The van der Waals surface area contributed by atoms with Crippen molar-refractivity contribution >= 4 is 0 Å². The number of aromatic hydroxyl groups is 1. The molecule has 1 heterocycles. The van der Waals surface area contributed by atoms with E-state index < -0.39 is 0 Å². The Morgan fingerprint density at radius 3 is 2.81 bits per heavy atom. The van der Waals surface area contributed by atoms with Crippen LogP contribution < -0.4 is 4.74 Å². The lowest BCUT2D eigenvalue weighted by Crippen LogP contribution is -1.91. The van der Waals surface area contributed by atoms with Crippen molar-refractivity contribution in [2.24, 2.45) is 0 Å². The van der Waals surface area contributed by atoms with Crippen molar-refractivity contribution in [3.05, 3.63) is 42.1 Å². The van der Waals surface area contributed by atoms with Crippen LogP contribution in [0.25, 0.3) is 11.3 Å². The van der Waals surface area contributed by atoms with E-state index in [0.717, 1.165) is 5.56 Å². The largest absolute Gasteiger partial charge is 0.507 e. The number of pyridine rings is 1. The fourth-order valence-electron chi connectivity index (χ4n) is 1.60. The smallest absolute Gasteiger partial charge is 0.145 e. The normalized spacial score (nSPS) is 10.1. The van der Waals surface area contributed by atoms with E-state index in [9.17, 15) is 5.11 Å². The summed E-state index contributed by atoms with van der Waals surface area (Å²) in [6.45, 7) is 1.97. The molecule has 0 radical (unpaired) electrons. The molecule has 0 spiro atoms. The van der Waals surface area contributed by atoms with Gasteiger partial charge in [-0.05, 0) is 31.2 Å². The number of phenolic OH excluding ortho intramolecular Hbond substituents is 1. The lowest BCUT2D eigenvalue weighted by Gasteiger charge is -2.09. The zero-order valence-electron chi connectivity index (χ0n) is 9.27. The highest BCUT2D eigenvalue weighted by atomic mass is 16.5. The predicted octanol–water partition coefficient (Wildman–Crippen LogP) is 2.77. The molecular formula is C13H13NO2. The Morgan fingerprint density at radius 1 is 1.25 bits per heavy atom. The summed E-state index contributed by atoms with van der Waals surface area (Å²) < 4.78 is 5.22. The van der Waals surface area contributed by atoms with Crippen molar-refractivity contribution in [3.63, 3.8) is 0 Å². The van der Waals surface area contributed by atoms with Gasteiger partial charge in [-0.2, -0.15) is 0 Å². The second kappa shape index (κ2) is 4.23. The van der Waals surface area contributed by atoms with Crippen LogP contribution >= 0.6 is 0 Å². The number of hydrogen-bond acceptors (Lipinski definition) is 3. The minimum absolute atomic E-state index is 0.211. The van der Waals surface area contributed by atoms with Crippen LogP contribution in [0.5, 0.6) is 11.5 Å². The van der Waals surface area contributed by atoms with E-state index in [-0.39, 0.29) is 5.75 Å². The molecule has 1 aromatic heterocycles. The molecule has 0 bridgehead atoms. The first kappa shape index (κ1) is 10.5. The molecule has 2 aromatic rings. The molecule has 3 nitrogen and oxygen atoms in total. The van der Waals surface area contributed by atoms with Crippen LogP contribution in [0.15, 0.2) is 36.5 Å². The molecule has 0 aliphatic rings. The summed E-state index contributed by atoms with van der Waals surface area (Å²) in [7, 11) is 1.59. The maximum absolute atomic E-state index is 9.81. The number of aromatic nitrogens is 1. The minimum atomic E-state index is 0.211. The zero-order chi connectivity index (χ0) is 11.5. The summed E-state index contributed by atoms with van der Waals surface area (Å²) in [6.07, 6.45) is 1.68. The van der Waals surface area contributed by atoms with Crippen LogP contribution in [-0.2, 0) is 0 Å². The van der Waals surface area contributed by atoms with Crippen molar-refractivity contribution in [2.45, 2.75) is 6.92 Å². The van der Waals surface area contributed by atoms with E-state index >= 15 is 0 Å². The second-order valence-corrected chi connectivity index (χ2v) is 3.57. The van der Waals surface area contributed by atoms with Gasteiger partial charge in [-0.25, -0.2) is 0 Å². The Balaban J connectivity index is 2.62. The number of benzene rings is 1. The van der Waals surface area contributed by atoms with Gasteiger partial charge in [0.2, 0.25) is 0 Å². The van der Waals surface area contributed by atoms with E-state index in [0.29, 0.717) is 17.0 Å². The number of rotatable bonds is 2. The van der Waals surface area contributed by atoms with Gasteiger partial charge in [0.15, 0.2) is 0 Å². The number of ether oxygens (including phenoxy) is 1. The standard InChI is InChI=1S/C13H13NO2/c1-9-5-6-11(15)10(8-9)13-12(16-2)4-3-7-14-13/h3-8,15H,1-2H3. The van der Waals surface area contributed by atoms with Crippen LogP contribution in [0.1, 0.15) is 5.56 Å². The molecule has 0 atom stereocenters. The summed E-state index contributed by atoms with van der Waals surface area (Å²) in [5, 5.41) is 9.81. The zero-order valence-corrected chi connectivity index (χ0v) is 9.27. The summed E-state index contributed by atoms with van der Waals surface area (Å²) >= 11 is 0. The molecule has 2 rings (SSSR count). The first-order valence-electron chi connectivity index (χ1n) is 5.01. The van der Waals surface area contributed by atoms with E-state index in [4.69, 9.17) is 4.74 Å². The molecular weight excluding hydrogens is 202 g/mol. The SMILES string of the molecule is COc1cccnc1-c1cc(C)ccc1O. The van der Waals surface area contributed by atoms with Crippen LogP contribution in [0.2, 0.25) is 0 Å². The Labute approximate surface area is 94.3 Å². The van der Waals surface area contributed by atoms with Crippen molar-refractivity contribution in [1.82, 2.24) is 4.98 Å². The molecule has 1 N–H and O–H groups in total. The highest BCUT2D eigenvalue weighted by molar-refractivity contribution is 5.72. The van der Waals surface area contributed by atoms with Gasteiger partial charge < -0.3 is 9.84 Å². The molecule has 16 heavy (non-hydrogen) atoms. The van der Waals surface area contributed by atoms with Gasteiger partial charge in [-0.1, -0.05) is 11.6 Å². The fraction of sp³-hybridized carbons (Fsp3) is 0.154. The van der Waals surface area contributed by atoms with Crippen molar-refractivity contribution < 1.29 is 9.84 Å². The Hall–Kier alpha value is -2.03. The van der Waals surface area contributed by atoms with E-state index in [1.165, 1.54) is 0 Å². The van der Waals surface area contributed by atoms with Gasteiger partial charge in [0.25, 0.3) is 0 Å². The third-order valence-corrected chi connectivity index (χ3v) is 2.40. The van der Waals surface area contributed by atoms with Crippen LogP contribution in [0, 0.1) is 6.92 Å². The average Bonchev–Trinajstić information content (AvgIpc) is 2.32. The third kappa shape index (κ3) is 1.84. The molecule has 0 aliphatic carbocycles. The van der Waals surface area contributed by atoms with E-state index in [1.807, 2.05) is 25.1 Å². The Bertz CT molecular complexity index is 509. The molecule has 0 aliphatic heterocycles. The number of hydrogen-bond donors (Lipinski definition) is 1. The third-order valence-electron chi connectivity index (χ3n) is 2.40. The minimum Gasteiger partial charge on any atom is -0.507 e. The summed E-state index contributed by atoms with van der Waals surface area (Å²) in [4.78, 5) is 4.24. The molecule has 0 amide bonds. The van der Waals surface area contributed by atoms with Crippen LogP contribution in [0.3, 0.4) is 0 Å². The highest BCUT2D eigenvalue weighted by Crippen LogP contribution is 2.34. The number of aryl methyl sites for hydroxylation is 1.